The standard InChI is InChI=1S/C12H15N3O2/c1-11(13,10(16)17)7-8-3-5-9(6-4-8)12(2)14-15-12/h3-6H,7,13H2,1-2H3,(H,16,17)/t11-/m0/s1. The average Bonchev–Trinajstić information content (AvgIpc) is 2.98. The first-order valence-corrected chi connectivity index (χ1v) is 5.39. The van der Waals surface area contributed by atoms with Crippen LogP contribution >= 0.6 is 0 Å². The van der Waals surface area contributed by atoms with Crippen molar-refractivity contribution in [3.63, 3.8) is 0 Å². The molecule has 0 aliphatic carbocycles. The molecule has 1 aliphatic rings. The van der Waals surface area contributed by atoms with Crippen molar-refractivity contribution in [3.05, 3.63) is 35.4 Å². The summed E-state index contributed by atoms with van der Waals surface area (Å²) in [4.78, 5) is 10.9. The molecule has 0 spiro atoms. The molecule has 0 saturated carbocycles. The lowest BCUT2D eigenvalue weighted by atomic mass is 9.93. The zero-order chi connectivity index (χ0) is 12.7. The van der Waals surface area contributed by atoms with Crippen molar-refractivity contribution in [1.29, 1.82) is 0 Å². The van der Waals surface area contributed by atoms with E-state index in [0.717, 1.165) is 11.1 Å². The molecular weight excluding hydrogens is 218 g/mol. The van der Waals surface area contributed by atoms with E-state index in [2.05, 4.69) is 10.2 Å². The molecule has 1 atom stereocenters. The normalized spacial score (nSPS) is 19.7. The SMILES string of the molecule is CC1(c2ccc(C[C@](C)(N)C(=O)O)cc2)N=N1. The van der Waals surface area contributed by atoms with Crippen LogP contribution in [0.15, 0.2) is 34.5 Å². The Morgan fingerprint density at radius 2 is 1.94 bits per heavy atom. The summed E-state index contributed by atoms with van der Waals surface area (Å²) in [5.41, 5.74) is 5.97. The Kier molecular flexibility index (Phi) is 2.50. The number of hydrogen-bond donors (Lipinski definition) is 2. The molecule has 2 rings (SSSR count). The van der Waals surface area contributed by atoms with Crippen molar-refractivity contribution in [2.24, 2.45) is 16.0 Å². The number of hydrogen-bond acceptors (Lipinski definition) is 4. The zero-order valence-corrected chi connectivity index (χ0v) is 9.84. The van der Waals surface area contributed by atoms with Gasteiger partial charge >= 0.3 is 5.97 Å². The van der Waals surface area contributed by atoms with E-state index in [1.807, 2.05) is 31.2 Å². The molecule has 0 fully saturated rings. The highest BCUT2D eigenvalue weighted by Crippen LogP contribution is 2.38. The van der Waals surface area contributed by atoms with E-state index in [1.54, 1.807) is 0 Å². The molecule has 1 heterocycles. The van der Waals surface area contributed by atoms with Gasteiger partial charge in [-0.3, -0.25) is 4.79 Å². The third-order valence-corrected chi connectivity index (χ3v) is 2.96. The maximum Gasteiger partial charge on any atom is 0.323 e. The summed E-state index contributed by atoms with van der Waals surface area (Å²) in [6, 6.07) is 7.57. The van der Waals surface area contributed by atoms with Gasteiger partial charge in [-0.1, -0.05) is 24.3 Å². The fraction of sp³-hybridized carbons (Fsp3) is 0.417. The van der Waals surface area contributed by atoms with Gasteiger partial charge in [0.25, 0.3) is 0 Å². The number of carboxylic acid groups (broad SMARTS) is 1. The van der Waals surface area contributed by atoms with Crippen molar-refractivity contribution in [2.75, 3.05) is 0 Å². The van der Waals surface area contributed by atoms with E-state index in [0.29, 0.717) is 6.42 Å². The Hall–Kier alpha value is -1.75. The van der Waals surface area contributed by atoms with Gasteiger partial charge in [0.15, 0.2) is 0 Å². The number of aliphatic carboxylic acids is 1. The van der Waals surface area contributed by atoms with E-state index in [9.17, 15) is 4.79 Å². The molecule has 3 N–H and O–H groups in total. The molecular formula is C12H15N3O2. The highest BCUT2D eigenvalue weighted by molar-refractivity contribution is 5.78. The van der Waals surface area contributed by atoms with E-state index < -0.39 is 17.2 Å². The van der Waals surface area contributed by atoms with Gasteiger partial charge in [-0.05, 0) is 19.4 Å². The van der Waals surface area contributed by atoms with Gasteiger partial charge in [-0.15, -0.1) is 0 Å². The van der Waals surface area contributed by atoms with Gasteiger partial charge < -0.3 is 10.8 Å². The fourth-order valence-corrected chi connectivity index (χ4v) is 1.63. The summed E-state index contributed by atoms with van der Waals surface area (Å²) >= 11 is 0. The summed E-state index contributed by atoms with van der Waals surface area (Å²) in [6.07, 6.45) is 0.299. The molecule has 5 heteroatoms. The predicted octanol–water partition coefficient (Wildman–Crippen LogP) is 1.67. The minimum atomic E-state index is -1.24. The Bertz CT molecular complexity index is 471. The van der Waals surface area contributed by atoms with Gasteiger partial charge in [-0.25, -0.2) is 0 Å². The monoisotopic (exact) mass is 233 g/mol. The van der Waals surface area contributed by atoms with Crippen molar-refractivity contribution in [2.45, 2.75) is 31.5 Å². The topological polar surface area (TPSA) is 88.0 Å². The summed E-state index contributed by atoms with van der Waals surface area (Å²) in [5.74, 6) is -0.999. The van der Waals surface area contributed by atoms with Crippen molar-refractivity contribution in [3.8, 4) is 0 Å². The van der Waals surface area contributed by atoms with Crippen molar-refractivity contribution in [1.82, 2.24) is 0 Å². The van der Waals surface area contributed by atoms with Gasteiger partial charge in [0.05, 0.1) is 0 Å². The van der Waals surface area contributed by atoms with E-state index in [4.69, 9.17) is 10.8 Å². The van der Waals surface area contributed by atoms with Crippen LogP contribution in [0, 0.1) is 0 Å². The summed E-state index contributed by atoms with van der Waals surface area (Å²) in [6.45, 7) is 3.43. The summed E-state index contributed by atoms with van der Waals surface area (Å²) in [5, 5.41) is 16.8. The molecule has 0 saturated heterocycles. The average molecular weight is 233 g/mol. The van der Waals surface area contributed by atoms with E-state index in [1.165, 1.54) is 6.92 Å². The summed E-state index contributed by atoms with van der Waals surface area (Å²) in [7, 11) is 0. The lowest BCUT2D eigenvalue weighted by Crippen LogP contribution is -2.46. The van der Waals surface area contributed by atoms with Gasteiger partial charge in [0.1, 0.15) is 5.54 Å². The molecule has 90 valence electrons. The van der Waals surface area contributed by atoms with Crippen LogP contribution in [-0.4, -0.2) is 16.6 Å². The second-order valence-corrected chi connectivity index (χ2v) is 4.82. The number of carbonyl (C=O) groups is 1. The molecule has 0 bridgehead atoms. The van der Waals surface area contributed by atoms with Crippen LogP contribution in [-0.2, 0) is 16.9 Å². The first kappa shape index (κ1) is 11.7. The molecule has 1 aromatic rings. The smallest absolute Gasteiger partial charge is 0.323 e. The fourth-order valence-electron chi connectivity index (χ4n) is 1.63. The Labute approximate surface area is 99.4 Å². The number of nitrogens with two attached hydrogens (primary N) is 1. The van der Waals surface area contributed by atoms with Gasteiger partial charge in [0, 0.05) is 12.0 Å². The van der Waals surface area contributed by atoms with Crippen molar-refractivity contribution >= 4 is 5.97 Å². The Morgan fingerprint density at radius 3 is 2.35 bits per heavy atom. The van der Waals surface area contributed by atoms with Crippen LogP contribution in [0.5, 0.6) is 0 Å². The minimum absolute atomic E-state index is 0.299. The van der Waals surface area contributed by atoms with Crippen LogP contribution in [0.1, 0.15) is 25.0 Å². The van der Waals surface area contributed by atoms with Gasteiger partial charge in [-0.2, -0.15) is 10.2 Å². The highest BCUT2D eigenvalue weighted by Gasteiger charge is 2.36. The molecule has 17 heavy (non-hydrogen) atoms. The lowest BCUT2D eigenvalue weighted by molar-refractivity contribution is -0.142. The maximum atomic E-state index is 10.9. The molecule has 5 nitrogen and oxygen atoms in total. The highest BCUT2D eigenvalue weighted by atomic mass is 16.4. The third-order valence-electron chi connectivity index (χ3n) is 2.96. The quantitative estimate of drug-likeness (QED) is 0.829. The molecule has 0 radical (unpaired) electrons. The van der Waals surface area contributed by atoms with E-state index >= 15 is 0 Å². The van der Waals surface area contributed by atoms with E-state index in [-0.39, 0.29) is 0 Å². The van der Waals surface area contributed by atoms with Crippen molar-refractivity contribution < 1.29 is 9.90 Å². The first-order chi connectivity index (χ1) is 7.83. The summed E-state index contributed by atoms with van der Waals surface area (Å²) < 4.78 is 0. The minimum Gasteiger partial charge on any atom is -0.480 e. The zero-order valence-electron chi connectivity index (χ0n) is 9.84. The third kappa shape index (κ3) is 2.34. The molecule has 0 aromatic heterocycles. The van der Waals surface area contributed by atoms with Crippen LogP contribution < -0.4 is 5.73 Å². The Balaban J connectivity index is 2.11. The largest absolute Gasteiger partial charge is 0.480 e. The molecule has 1 aromatic carbocycles. The number of rotatable bonds is 4. The Morgan fingerprint density at radius 1 is 1.41 bits per heavy atom. The molecule has 1 aliphatic heterocycles. The van der Waals surface area contributed by atoms with Crippen LogP contribution in [0.4, 0.5) is 0 Å². The van der Waals surface area contributed by atoms with Gasteiger partial charge in [0.2, 0.25) is 5.66 Å². The first-order valence-electron chi connectivity index (χ1n) is 5.39. The predicted molar refractivity (Wildman–Crippen MR) is 62.6 cm³/mol. The maximum absolute atomic E-state index is 10.9. The number of carboxylic acids is 1. The second-order valence-electron chi connectivity index (χ2n) is 4.82. The number of benzene rings is 1. The number of nitrogens with zero attached hydrogens (tertiary/aromatic N) is 2. The van der Waals surface area contributed by atoms with Crippen LogP contribution in [0.3, 0.4) is 0 Å². The van der Waals surface area contributed by atoms with Crippen LogP contribution in [0.25, 0.3) is 0 Å². The van der Waals surface area contributed by atoms with Crippen LogP contribution in [0.2, 0.25) is 0 Å². The molecule has 0 amide bonds. The lowest BCUT2D eigenvalue weighted by Gasteiger charge is -2.19. The molecule has 0 unspecified atom stereocenters. The second kappa shape index (κ2) is 3.63.